The van der Waals surface area contributed by atoms with Gasteiger partial charge in [-0.15, -0.1) is 0 Å². The van der Waals surface area contributed by atoms with Crippen molar-refractivity contribution in [1.82, 2.24) is 4.98 Å². The quantitative estimate of drug-likeness (QED) is 0.456. The van der Waals surface area contributed by atoms with Gasteiger partial charge in [0, 0.05) is 0 Å². The zero-order valence-corrected chi connectivity index (χ0v) is 8.92. The van der Waals surface area contributed by atoms with Gasteiger partial charge in [-0.1, -0.05) is 6.07 Å². The van der Waals surface area contributed by atoms with Crippen molar-refractivity contribution in [3.05, 3.63) is 40.8 Å². The van der Waals surface area contributed by atoms with Crippen LogP contribution >= 0.6 is 15.9 Å². The van der Waals surface area contributed by atoms with Crippen LogP contribution in [-0.4, -0.2) is 10.7 Å². The van der Waals surface area contributed by atoms with Gasteiger partial charge in [-0.25, -0.2) is 14.4 Å². The van der Waals surface area contributed by atoms with Gasteiger partial charge in [-0.05, 0) is 35.0 Å². The Hall–Kier alpha value is -1.10. The van der Waals surface area contributed by atoms with E-state index in [2.05, 4.69) is 25.9 Å². The fourth-order valence-corrected chi connectivity index (χ4v) is 1.12. The van der Waals surface area contributed by atoms with Crippen molar-refractivity contribution >= 4 is 21.6 Å². The molecule has 0 aromatic carbocycles. The lowest BCUT2D eigenvalue weighted by molar-refractivity contribution is 0.583. The van der Waals surface area contributed by atoms with Gasteiger partial charge in [0.2, 0.25) is 5.95 Å². The van der Waals surface area contributed by atoms with E-state index in [9.17, 15) is 8.78 Å². The van der Waals surface area contributed by atoms with Crippen molar-refractivity contribution in [3.8, 4) is 0 Å². The second kappa shape index (κ2) is 4.95. The van der Waals surface area contributed by atoms with E-state index in [1.54, 1.807) is 13.0 Å². The van der Waals surface area contributed by atoms with E-state index in [4.69, 9.17) is 0 Å². The van der Waals surface area contributed by atoms with E-state index < -0.39 is 5.95 Å². The maximum atomic E-state index is 12.7. The Bertz CT molecular complexity index is 388. The van der Waals surface area contributed by atoms with Crippen molar-refractivity contribution in [2.45, 2.75) is 6.92 Å². The molecule has 0 fully saturated rings. The third-order valence-corrected chi connectivity index (χ3v) is 1.80. The van der Waals surface area contributed by atoms with E-state index in [0.29, 0.717) is 17.7 Å². The smallest absolute Gasteiger partial charge is 0.213 e. The van der Waals surface area contributed by atoms with Crippen LogP contribution in [0.4, 0.5) is 8.78 Å². The Morgan fingerprint density at radius 1 is 1.57 bits per heavy atom. The normalized spacial score (nSPS) is 13.1. The standard InChI is InChI=1S/C9H7BrF2N2/c1-6(13-8(10)5-11)7-3-2-4-9(12)14-7/h2-5H,1H3/b8-5-,13-6?. The highest BCUT2D eigenvalue weighted by Gasteiger charge is 2.00. The number of rotatable bonds is 2. The lowest BCUT2D eigenvalue weighted by Crippen LogP contribution is -1.99. The minimum atomic E-state index is -0.586. The molecule has 1 rings (SSSR count). The molecule has 0 saturated carbocycles. The largest absolute Gasteiger partial charge is 0.242 e. The summed E-state index contributed by atoms with van der Waals surface area (Å²) in [5.74, 6) is -0.586. The molecule has 1 heterocycles. The highest BCUT2D eigenvalue weighted by atomic mass is 79.9. The SMILES string of the molecule is CC(=N/C(Br)=C\F)c1cccc(F)n1. The Morgan fingerprint density at radius 3 is 2.86 bits per heavy atom. The first-order chi connectivity index (χ1) is 6.63. The predicted octanol–water partition coefficient (Wildman–Crippen LogP) is 3.19. The first kappa shape index (κ1) is 11.0. The molecule has 5 heteroatoms. The molecule has 0 amide bonds. The molecule has 1 aromatic rings. The molecule has 0 N–H and O–H groups in total. The van der Waals surface area contributed by atoms with E-state index in [1.807, 2.05) is 0 Å². The van der Waals surface area contributed by atoms with Crippen LogP contribution in [0.5, 0.6) is 0 Å². The molecular weight excluding hydrogens is 254 g/mol. The van der Waals surface area contributed by atoms with Gasteiger partial charge in [0.1, 0.15) is 10.9 Å². The Balaban J connectivity index is 3.00. The molecule has 14 heavy (non-hydrogen) atoms. The molecule has 0 aliphatic rings. The van der Waals surface area contributed by atoms with Crippen molar-refractivity contribution in [2.24, 2.45) is 4.99 Å². The number of nitrogens with zero attached hydrogens (tertiary/aromatic N) is 2. The minimum Gasteiger partial charge on any atom is -0.242 e. The van der Waals surface area contributed by atoms with Gasteiger partial charge < -0.3 is 0 Å². The molecule has 0 bridgehead atoms. The maximum Gasteiger partial charge on any atom is 0.213 e. The third-order valence-electron chi connectivity index (χ3n) is 1.45. The van der Waals surface area contributed by atoms with Crippen LogP contribution in [0, 0.1) is 5.95 Å². The molecule has 0 saturated heterocycles. The number of aliphatic imine (C=N–C) groups is 1. The average molecular weight is 261 g/mol. The van der Waals surface area contributed by atoms with Crippen LogP contribution in [0.25, 0.3) is 0 Å². The molecule has 0 atom stereocenters. The zero-order chi connectivity index (χ0) is 10.6. The number of aromatic nitrogens is 1. The summed E-state index contributed by atoms with van der Waals surface area (Å²) in [6, 6.07) is 4.35. The summed E-state index contributed by atoms with van der Waals surface area (Å²) >= 11 is 2.87. The molecule has 0 aliphatic carbocycles. The van der Waals surface area contributed by atoms with Gasteiger partial charge in [-0.3, -0.25) is 0 Å². The van der Waals surface area contributed by atoms with Crippen LogP contribution in [0.2, 0.25) is 0 Å². The summed E-state index contributed by atoms with van der Waals surface area (Å²) in [6.45, 7) is 1.62. The summed E-state index contributed by atoms with van der Waals surface area (Å²) in [5.41, 5.74) is 0.814. The molecule has 2 nitrogen and oxygen atoms in total. The fourth-order valence-electron chi connectivity index (χ4n) is 0.852. The van der Waals surface area contributed by atoms with Crippen LogP contribution in [0.15, 0.2) is 34.1 Å². The summed E-state index contributed by atoms with van der Waals surface area (Å²) in [7, 11) is 0. The van der Waals surface area contributed by atoms with Crippen molar-refractivity contribution in [2.75, 3.05) is 0 Å². The van der Waals surface area contributed by atoms with Crippen LogP contribution < -0.4 is 0 Å². The van der Waals surface area contributed by atoms with Crippen molar-refractivity contribution in [1.29, 1.82) is 0 Å². The Labute approximate surface area is 88.5 Å². The van der Waals surface area contributed by atoms with Gasteiger partial charge in [0.15, 0.2) is 0 Å². The molecule has 0 radical (unpaired) electrons. The molecule has 74 valence electrons. The van der Waals surface area contributed by atoms with Crippen molar-refractivity contribution in [3.63, 3.8) is 0 Å². The Kier molecular flexibility index (Phi) is 3.88. The summed E-state index contributed by atoms with van der Waals surface area (Å²) in [4.78, 5) is 7.39. The fraction of sp³-hybridized carbons (Fsp3) is 0.111. The van der Waals surface area contributed by atoms with Gasteiger partial charge in [0.25, 0.3) is 0 Å². The van der Waals surface area contributed by atoms with E-state index in [1.165, 1.54) is 12.1 Å². The Morgan fingerprint density at radius 2 is 2.29 bits per heavy atom. The van der Waals surface area contributed by atoms with Gasteiger partial charge in [-0.2, -0.15) is 4.39 Å². The predicted molar refractivity (Wildman–Crippen MR) is 54.5 cm³/mol. The minimum absolute atomic E-state index is 0.0426. The molecule has 0 spiro atoms. The maximum absolute atomic E-state index is 12.7. The van der Waals surface area contributed by atoms with Gasteiger partial charge in [0.05, 0.1) is 11.4 Å². The molecule has 0 aliphatic heterocycles. The van der Waals surface area contributed by atoms with Crippen LogP contribution in [0.3, 0.4) is 0 Å². The van der Waals surface area contributed by atoms with E-state index in [-0.39, 0.29) is 4.61 Å². The third kappa shape index (κ3) is 2.99. The lowest BCUT2D eigenvalue weighted by Gasteiger charge is -1.98. The second-order valence-electron chi connectivity index (χ2n) is 2.47. The molecular formula is C9H7BrF2N2. The van der Waals surface area contributed by atoms with Crippen LogP contribution in [0.1, 0.15) is 12.6 Å². The van der Waals surface area contributed by atoms with E-state index >= 15 is 0 Å². The zero-order valence-electron chi connectivity index (χ0n) is 7.34. The average Bonchev–Trinajstić information content (AvgIpc) is 2.17. The van der Waals surface area contributed by atoms with E-state index in [0.717, 1.165) is 0 Å². The molecule has 0 unspecified atom stereocenters. The summed E-state index contributed by atoms with van der Waals surface area (Å²) < 4.78 is 24.7. The highest BCUT2D eigenvalue weighted by molar-refractivity contribution is 9.11. The topological polar surface area (TPSA) is 25.2 Å². The monoisotopic (exact) mass is 260 g/mol. The lowest BCUT2D eigenvalue weighted by atomic mass is 10.2. The first-order valence-electron chi connectivity index (χ1n) is 3.77. The van der Waals surface area contributed by atoms with Gasteiger partial charge >= 0.3 is 0 Å². The second-order valence-corrected chi connectivity index (χ2v) is 3.29. The number of pyridine rings is 1. The van der Waals surface area contributed by atoms with Crippen molar-refractivity contribution < 1.29 is 8.78 Å². The summed E-state index contributed by atoms with van der Waals surface area (Å²) in [6.07, 6.45) is 0.308. The van der Waals surface area contributed by atoms with Crippen LogP contribution in [-0.2, 0) is 0 Å². The number of hydrogen-bond acceptors (Lipinski definition) is 2. The first-order valence-corrected chi connectivity index (χ1v) is 4.57. The molecule has 1 aromatic heterocycles. The number of halogens is 3. The number of hydrogen-bond donors (Lipinski definition) is 0. The highest BCUT2D eigenvalue weighted by Crippen LogP contribution is 2.09. The summed E-state index contributed by atoms with van der Waals surface area (Å²) in [5, 5.41) is 0.